The number of rotatable bonds is 8. The van der Waals surface area contributed by atoms with E-state index in [-0.39, 0.29) is 11.9 Å². The van der Waals surface area contributed by atoms with E-state index < -0.39 is 0 Å². The Balaban J connectivity index is 1.79. The minimum Gasteiger partial charge on any atom is -0.508 e. The zero-order valence-corrected chi connectivity index (χ0v) is 13.7. The van der Waals surface area contributed by atoms with Gasteiger partial charge in [0, 0.05) is 19.7 Å². The van der Waals surface area contributed by atoms with Crippen LogP contribution in [0.2, 0.25) is 0 Å². The van der Waals surface area contributed by atoms with Gasteiger partial charge in [0.1, 0.15) is 11.5 Å². The van der Waals surface area contributed by atoms with Gasteiger partial charge in [0.2, 0.25) is 0 Å². The molecule has 23 heavy (non-hydrogen) atoms. The zero-order valence-electron chi connectivity index (χ0n) is 13.7. The molecule has 0 unspecified atom stereocenters. The fourth-order valence-corrected chi connectivity index (χ4v) is 2.48. The van der Waals surface area contributed by atoms with Crippen molar-refractivity contribution in [3.63, 3.8) is 0 Å². The van der Waals surface area contributed by atoms with Crippen LogP contribution in [0, 0.1) is 0 Å². The van der Waals surface area contributed by atoms with E-state index in [0.717, 1.165) is 24.9 Å². The van der Waals surface area contributed by atoms with Crippen molar-refractivity contribution in [1.29, 1.82) is 0 Å². The van der Waals surface area contributed by atoms with Crippen molar-refractivity contribution < 1.29 is 14.9 Å². The Morgan fingerprint density at radius 3 is 2.09 bits per heavy atom. The molecule has 0 aromatic heterocycles. The van der Waals surface area contributed by atoms with Crippen LogP contribution in [0.4, 0.5) is 0 Å². The number of phenols is 2. The van der Waals surface area contributed by atoms with Gasteiger partial charge in [-0.05, 0) is 55.2 Å². The third kappa shape index (κ3) is 5.58. The first-order valence-electron chi connectivity index (χ1n) is 7.91. The van der Waals surface area contributed by atoms with E-state index in [0.29, 0.717) is 11.8 Å². The van der Waals surface area contributed by atoms with Gasteiger partial charge in [-0.15, -0.1) is 0 Å². The maximum atomic E-state index is 9.35. The van der Waals surface area contributed by atoms with Gasteiger partial charge in [-0.3, -0.25) is 0 Å². The summed E-state index contributed by atoms with van der Waals surface area (Å²) in [6.45, 7) is 2.88. The number of nitrogens with one attached hydrogen (secondary N) is 1. The van der Waals surface area contributed by atoms with Crippen LogP contribution in [0.5, 0.6) is 11.5 Å². The molecule has 0 aliphatic rings. The van der Waals surface area contributed by atoms with Crippen LogP contribution in [-0.2, 0) is 11.2 Å². The Kier molecular flexibility index (Phi) is 6.44. The Morgan fingerprint density at radius 2 is 1.52 bits per heavy atom. The second-order valence-electron chi connectivity index (χ2n) is 5.83. The van der Waals surface area contributed by atoms with Crippen LogP contribution in [-0.4, -0.2) is 29.9 Å². The van der Waals surface area contributed by atoms with Gasteiger partial charge < -0.3 is 20.3 Å². The monoisotopic (exact) mass is 315 g/mol. The lowest BCUT2D eigenvalue weighted by atomic mass is 10.1. The van der Waals surface area contributed by atoms with Gasteiger partial charge in [0.25, 0.3) is 0 Å². The lowest BCUT2D eigenvalue weighted by Crippen LogP contribution is -2.31. The molecule has 0 amide bonds. The highest BCUT2D eigenvalue weighted by Gasteiger charge is 2.12. The first-order chi connectivity index (χ1) is 11.1. The molecule has 3 N–H and O–H groups in total. The van der Waals surface area contributed by atoms with Crippen molar-refractivity contribution >= 4 is 0 Å². The average Bonchev–Trinajstić information content (AvgIpc) is 2.56. The van der Waals surface area contributed by atoms with Gasteiger partial charge in [-0.1, -0.05) is 24.3 Å². The fourth-order valence-electron chi connectivity index (χ4n) is 2.48. The van der Waals surface area contributed by atoms with E-state index in [1.54, 1.807) is 31.4 Å². The number of hydrogen-bond donors (Lipinski definition) is 3. The topological polar surface area (TPSA) is 61.7 Å². The minimum absolute atomic E-state index is 0.0354. The first kappa shape index (κ1) is 17.3. The van der Waals surface area contributed by atoms with Crippen LogP contribution in [0.25, 0.3) is 0 Å². The predicted molar refractivity (Wildman–Crippen MR) is 91.7 cm³/mol. The van der Waals surface area contributed by atoms with Gasteiger partial charge >= 0.3 is 0 Å². The van der Waals surface area contributed by atoms with E-state index in [9.17, 15) is 10.2 Å². The van der Waals surface area contributed by atoms with Crippen LogP contribution >= 0.6 is 0 Å². The molecule has 4 nitrogen and oxygen atoms in total. The van der Waals surface area contributed by atoms with Crippen molar-refractivity contribution in [3.8, 4) is 11.5 Å². The quantitative estimate of drug-likeness (QED) is 0.699. The van der Waals surface area contributed by atoms with E-state index >= 15 is 0 Å². The van der Waals surface area contributed by atoms with Crippen LogP contribution in [0.3, 0.4) is 0 Å². The highest BCUT2D eigenvalue weighted by Crippen LogP contribution is 2.19. The van der Waals surface area contributed by atoms with Gasteiger partial charge in [0.05, 0.1) is 6.10 Å². The predicted octanol–water partition coefficient (Wildman–Crippen LogP) is 3.40. The Hall–Kier alpha value is -2.04. The van der Waals surface area contributed by atoms with Crippen molar-refractivity contribution in [2.75, 3.05) is 13.7 Å². The summed E-state index contributed by atoms with van der Waals surface area (Å²) < 4.78 is 5.53. The standard InChI is InChI=1S/C19H25NO3/c1-14(3-4-15-5-9-17(21)10-6-15)20-13-19(23-2)16-7-11-18(22)12-8-16/h5-12,14,19-22H,3-4,13H2,1-2H3/t14-,19+/m0/s1. The summed E-state index contributed by atoms with van der Waals surface area (Å²) in [5, 5.41) is 22.1. The summed E-state index contributed by atoms with van der Waals surface area (Å²) in [5.74, 6) is 0.565. The molecule has 2 aromatic rings. The number of aryl methyl sites for hydroxylation is 1. The fraction of sp³-hybridized carbons (Fsp3) is 0.368. The van der Waals surface area contributed by atoms with Crippen LogP contribution in [0.15, 0.2) is 48.5 Å². The molecule has 0 fully saturated rings. The number of phenolic OH excluding ortho intramolecular Hbond substituents is 2. The number of hydrogen-bond acceptors (Lipinski definition) is 4. The summed E-state index contributed by atoms with van der Waals surface area (Å²) in [6.07, 6.45) is 1.94. The van der Waals surface area contributed by atoms with E-state index in [1.165, 1.54) is 5.56 Å². The lowest BCUT2D eigenvalue weighted by molar-refractivity contribution is 0.0996. The summed E-state index contributed by atoms with van der Waals surface area (Å²) in [4.78, 5) is 0. The molecule has 2 rings (SSSR count). The van der Waals surface area contributed by atoms with Crippen molar-refractivity contribution in [3.05, 3.63) is 59.7 Å². The number of benzene rings is 2. The molecular formula is C19H25NO3. The van der Waals surface area contributed by atoms with Gasteiger partial charge in [-0.2, -0.15) is 0 Å². The second-order valence-corrected chi connectivity index (χ2v) is 5.83. The molecule has 2 aromatic carbocycles. The number of ether oxygens (including phenoxy) is 1. The third-order valence-corrected chi connectivity index (χ3v) is 4.00. The average molecular weight is 315 g/mol. The Bertz CT molecular complexity index is 581. The molecule has 0 saturated heterocycles. The number of aromatic hydroxyl groups is 2. The summed E-state index contributed by atoms with van der Waals surface area (Å²) in [7, 11) is 1.69. The third-order valence-electron chi connectivity index (χ3n) is 4.00. The molecular weight excluding hydrogens is 290 g/mol. The Labute approximate surface area is 137 Å². The van der Waals surface area contributed by atoms with Crippen molar-refractivity contribution in [1.82, 2.24) is 5.32 Å². The highest BCUT2D eigenvalue weighted by molar-refractivity contribution is 5.28. The summed E-state index contributed by atoms with van der Waals surface area (Å²) in [5.41, 5.74) is 2.27. The maximum Gasteiger partial charge on any atom is 0.115 e. The van der Waals surface area contributed by atoms with Gasteiger partial charge in [0.15, 0.2) is 0 Å². The molecule has 0 aliphatic heterocycles. The molecule has 2 atom stereocenters. The van der Waals surface area contributed by atoms with Crippen LogP contribution < -0.4 is 5.32 Å². The molecule has 0 saturated carbocycles. The maximum absolute atomic E-state index is 9.35. The second kappa shape index (κ2) is 8.56. The first-order valence-corrected chi connectivity index (χ1v) is 7.91. The molecule has 0 spiro atoms. The largest absolute Gasteiger partial charge is 0.508 e. The molecule has 124 valence electrons. The Morgan fingerprint density at radius 1 is 0.957 bits per heavy atom. The molecule has 0 radical (unpaired) electrons. The smallest absolute Gasteiger partial charge is 0.115 e. The highest BCUT2D eigenvalue weighted by atomic mass is 16.5. The zero-order chi connectivity index (χ0) is 16.7. The van der Waals surface area contributed by atoms with E-state index in [2.05, 4.69) is 12.2 Å². The molecule has 0 aliphatic carbocycles. The summed E-state index contributed by atoms with van der Waals surface area (Å²) >= 11 is 0. The lowest BCUT2D eigenvalue weighted by Gasteiger charge is -2.20. The van der Waals surface area contributed by atoms with E-state index in [4.69, 9.17) is 4.74 Å². The number of methoxy groups -OCH3 is 1. The van der Waals surface area contributed by atoms with E-state index in [1.807, 2.05) is 24.3 Å². The van der Waals surface area contributed by atoms with Gasteiger partial charge in [-0.25, -0.2) is 0 Å². The minimum atomic E-state index is -0.0354. The van der Waals surface area contributed by atoms with Crippen molar-refractivity contribution in [2.45, 2.75) is 31.9 Å². The summed E-state index contributed by atoms with van der Waals surface area (Å²) in [6, 6.07) is 14.8. The normalized spacial score (nSPS) is 13.7. The molecule has 4 heteroatoms. The molecule has 0 bridgehead atoms. The van der Waals surface area contributed by atoms with Crippen LogP contribution in [0.1, 0.15) is 30.6 Å². The SMILES string of the molecule is CO[C@H](CN[C@@H](C)CCc1ccc(O)cc1)c1ccc(O)cc1. The molecule has 0 heterocycles. The van der Waals surface area contributed by atoms with Crippen molar-refractivity contribution in [2.24, 2.45) is 0 Å².